The molecule has 1 amide bonds. The molecule has 5 rings (SSSR count). The van der Waals surface area contributed by atoms with E-state index >= 15 is 0 Å². The van der Waals surface area contributed by atoms with Gasteiger partial charge in [-0.05, 0) is 39.9 Å². The van der Waals surface area contributed by atoms with Crippen LogP contribution in [0.4, 0.5) is 4.79 Å². The van der Waals surface area contributed by atoms with Crippen molar-refractivity contribution in [2.45, 2.75) is 5.92 Å². The van der Waals surface area contributed by atoms with Crippen molar-refractivity contribution in [1.82, 2.24) is 5.32 Å². The SMILES string of the molecule is O=C(NCC=Cc1ccc2c(c1)OCCO2)OCC1c2ccccc2-c2ccccc21. The van der Waals surface area contributed by atoms with Crippen LogP contribution in [-0.4, -0.2) is 32.5 Å². The van der Waals surface area contributed by atoms with Gasteiger partial charge in [-0.1, -0.05) is 66.7 Å². The van der Waals surface area contributed by atoms with Gasteiger partial charge >= 0.3 is 6.09 Å². The van der Waals surface area contributed by atoms with Crippen molar-refractivity contribution in [3.8, 4) is 22.6 Å². The molecule has 0 radical (unpaired) electrons. The Labute approximate surface area is 181 Å². The lowest BCUT2D eigenvalue weighted by Gasteiger charge is -2.18. The number of benzene rings is 3. The van der Waals surface area contributed by atoms with E-state index in [0.717, 1.165) is 17.1 Å². The molecule has 1 aliphatic heterocycles. The van der Waals surface area contributed by atoms with Crippen LogP contribution in [0.3, 0.4) is 0 Å². The largest absolute Gasteiger partial charge is 0.486 e. The number of ether oxygens (including phenoxy) is 3. The number of carbonyl (C=O) groups excluding carboxylic acids is 1. The van der Waals surface area contributed by atoms with Crippen molar-refractivity contribution in [3.05, 3.63) is 89.5 Å². The quantitative estimate of drug-likeness (QED) is 0.639. The molecule has 156 valence electrons. The van der Waals surface area contributed by atoms with Crippen LogP contribution < -0.4 is 14.8 Å². The summed E-state index contributed by atoms with van der Waals surface area (Å²) in [6, 6.07) is 22.4. The molecule has 0 bridgehead atoms. The van der Waals surface area contributed by atoms with Crippen molar-refractivity contribution >= 4 is 12.2 Å². The highest BCUT2D eigenvalue weighted by Gasteiger charge is 2.28. The summed E-state index contributed by atoms with van der Waals surface area (Å²) in [6.07, 6.45) is 3.39. The first-order valence-corrected chi connectivity index (χ1v) is 10.4. The molecule has 0 atom stereocenters. The predicted molar refractivity (Wildman–Crippen MR) is 120 cm³/mol. The summed E-state index contributed by atoms with van der Waals surface area (Å²) in [5, 5.41) is 2.78. The molecule has 0 spiro atoms. The van der Waals surface area contributed by atoms with Crippen molar-refractivity contribution < 1.29 is 19.0 Å². The third kappa shape index (κ3) is 3.99. The lowest BCUT2D eigenvalue weighted by Crippen LogP contribution is -2.26. The molecule has 31 heavy (non-hydrogen) atoms. The Morgan fingerprint density at radius 2 is 1.61 bits per heavy atom. The molecule has 3 aromatic carbocycles. The molecule has 1 N–H and O–H groups in total. The van der Waals surface area contributed by atoms with Gasteiger partial charge in [0.1, 0.15) is 19.8 Å². The molecule has 3 aromatic rings. The molecule has 0 fully saturated rings. The number of hydrogen-bond donors (Lipinski definition) is 1. The van der Waals surface area contributed by atoms with E-state index in [4.69, 9.17) is 14.2 Å². The highest BCUT2D eigenvalue weighted by Crippen LogP contribution is 2.44. The monoisotopic (exact) mass is 413 g/mol. The first-order valence-electron chi connectivity index (χ1n) is 10.4. The minimum atomic E-state index is -0.423. The molecule has 5 heteroatoms. The standard InChI is InChI=1S/C26H23NO4/c28-26(27-13-5-6-18-11-12-24-25(16-18)30-15-14-29-24)31-17-23-21-9-3-1-7-19(21)20-8-2-4-10-22(20)23/h1-12,16,23H,13-15,17H2,(H,27,28). The maximum Gasteiger partial charge on any atom is 0.407 e. The Morgan fingerprint density at radius 1 is 0.935 bits per heavy atom. The fourth-order valence-electron chi connectivity index (χ4n) is 4.15. The summed E-state index contributed by atoms with van der Waals surface area (Å²) in [6.45, 7) is 1.83. The van der Waals surface area contributed by atoms with Gasteiger partial charge < -0.3 is 19.5 Å². The third-order valence-corrected chi connectivity index (χ3v) is 5.58. The average Bonchev–Trinajstić information content (AvgIpc) is 3.14. The zero-order valence-corrected chi connectivity index (χ0v) is 17.0. The van der Waals surface area contributed by atoms with Gasteiger partial charge in [0.05, 0.1) is 0 Å². The Balaban J connectivity index is 1.15. The van der Waals surface area contributed by atoms with Gasteiger partial charge in [-0.3, -0.25) is 0 Å². The fourth-order valence-corrected chi connectivity index (χ4v) is 4.15. The van der Waals surface area contributed by atoms with Gasteiger partial charge in [-0.15, -0.1) is 0 Å². The molecule has 2 aliphatic rings. The summed E-state index contributed by atoms with van der Waals surface area (Å²) in [7, 11) is 0. The van der Waals surface area contributed by atoms with E-state index in [1.807, 2.05) is 54.6 Å². The highest BCUT2D eigenvalue weighted by molar-refractivity contribution is 5.79. The van der Waals surface area contributed by atoms with Crippen LogP contribution in [0.2, 0.25) is 0 Å². The van der Waals surface area contributed by atoms with Crippen molar-refractivity contribution in [2.75, 3.05) is 26.4 Å². The molecule has 0 saturated heterocycles. The van der Waals surface area contributed by atoms with E-state index < -0.39 is 6.09 Å². The molecule has 5 nitrogen and oxygen atoms in total. The van der Waals surface area contributed by atoms with Crippen LogP contribution in [0.1, 0.15) is 22.6 Å². The van der Waals surface area contributed by atoms with Gasteiger partial charge in [0.15, 0.2) is 11.5 Å². The molecule has 0 unspecified atom stereocenters. The average molecular weight is 413 g/mol. The molecule has 0 aromatic heterocycles. The van der Waals surface area contributed by atoms with Crippen molar-refractivity contribution in [2.24, 2.45) is 0 Å². The smallest absolute Gasteiger partial charge is 0.407 e. The van der Waals surface area contributed by atoms with Crippen LogP contribution in [0.15, 0.2) is 72.8 Å². The zero-order valence-electron chi connectivity index (χ0n) is 17.0. The Morgan fingerprint density at radius 3 is 2.35 bits per heavy atom. The predicted octanol–water partition coefficient (Wildman–Crippen LogP) is 5.01. The number of nitrogens with one attached hydrogen (secondary N) is 1. The van der Waals surface area contributed by atoms with Crippen molar-refractivity contribution in [3.63, 3.8) is 0 Å². The number of carbonyl (C=O) groups is 1. The molecular formula is C26H23NO4. The van der Waals surface area contributed by atoms with Crippen LogP contribution in [-0.2, 0) is 4.74 Å². The zero-order chi connectivity index (χ0) is 21.0. The van der Waals surface area contributed by atoms with Gasteiger partial charge in [-0.25, -0.2) is 4.79 Å². The number of amides is 1. The summed E-state index contributed by atoms with van der Waals surface area (Å²) < 4.78 is 16.7. The van der Waals surface area contributed by atoms with E-state index in [0.29, 0.717) is 26.4 Å². The number of hydrogen-bond acceptors (Lipinski definition) is 4. The van der Waals surface area contributed by atoms with Gasteiger partial charge in [0.2, 0.25) is 0 Å². The maximum absolute atomic E-state index is 12.2. The van der Waals surface area contributed by atoms with E-state index in [9.17, 15) is 4.79 Å². The minimum Gasteiger partial charge on any atom is -0.486 e. The lowest BCUT2D eigenvalue weighted by molar-refractivity contribution is 0.144. The Kier molecular flexibility index (Phi) is 5.31. The van der Waals surface area contributed by atoms with Crippen LogP contribution in [0.25, 0.3) is 17.2 Å². The maximum atomic E-state index is 12.2. The first kappa shape index (κ1) is 19.2. The minimum absolute atomic E-state index is 0.0615. The van der Waals surface area contributed by atoms with Crippen LogP contribution in [0.5, 0.6) is 11.5 Å². The summed E-state index contributed by atoms with van der Waals surface area (Å²) >= 11 is 0. The van der Waals surface area contributed by atoms with E-state index in [2.05, 4.69) is 29.6 Å². The summed E-state index contributed by atoms with van der Waals surface area (Å²) in [5.41, 5.74) is 5.83. The molecule has 1 aliphatic carbocycles. The van der Waals surface area contributed by atoms with Crippen LogP contribution >= 0.6 is 0 Å². The lowest BCUT2D eigenvalue weighted by atomic mass is 9.98. The van der Waals surface area contributed by atoms with Crippen molar-refractivity contribution in [1.29, 1.82) is 0 Å². The Bertz CT molecular complexity index is 1090. The molecule has 1 heterocycles. The van der Waals surface area contributed by atoms with Crippen LogP contribution in [0, 0.1) is 0 Å². The van der Waals surface area contributed by atoms with E-state index in [1.54, 1.807) is 0 Å². The van der Waals surface area contributed by atoms with E-state index in [-0.39, 0.29) is 5.92 Å². The third-order valence-electron chi connectivity index (χ3n) is 5.58. The van der Waals surface area contributed by atoms with Gasteiger partial charge in [0.25, 0.3) is 0 Å². The van der Waals surface area contributed by atoms with Gasteiger partial charge in [-0.2, -0.15) is 0 Å². The van der Waals surface area contributed by atoms with E-state index in [1.165, 1.54) is 22.3 Å². The second-order valence-electron chi connectivity index (χ2n) is 7.51. The Hall–Kier alpha value is -3.73. The highest BCUT2D eigenvalue weighted by atomic mass is 16.6. The summed E-state index contributed by atoms with van der Waals surface area (Å²) in [4.78, 5) is 12.2. The normalized spacial score (nSPS) is 14.2. The number of fused-ring (bicyclic) bond motifs is 4. The number of alkyl carbamates (subject to hydrolysis) is 1. The topological polar surface area (TPSA) is 56.8 Å². The molecular weight excluding hydrogens is 390 g/mol. The second kappa shape index (κ2) is 8.56. The summed E-state index contributed by atoms with van der Waals surface area (Å²) in [5.74, 6) is 1.57. The first-order chi connectivity index (χ1) is 15.3. The second-order valence-corrected chi connectivity index (χ2v) is 7.51. The molecule has 0 saturated carbocycles. The number of rotatable bonds is 5. The van der Waals surface area contributed by atoms with Gasteiger partial charge in [0, 0.05) is 12.5 Å². The fraction of sp³-hybridized carbons (Fsp3) is 0.192.